The van der Waals surface area contributed by atoms with Crippen LogP contribution in [0.3, 0.4) is 0 Å². The number of rotatable bonds is 15. The van der Waals surface area contributed by atoms with Crippen molar-refractivity contribution in [1.82, 2.24) is 5.32 Å². The summed E-state index contributed by atoms with van der Waals surface area (Å²) in [6, 6.07) is 33.7. The molecule has 0 fully saturated rings. The molecule has 1 N–H and O–H groups in total. The summed E-state index contributed by atoms with van der Waals surface area (Å²) < 4.78 is 23.1. The molecule has 0 heterocycles. The van der Waals surface area contributed by atoms with Crippen LogP contribution in [-0.4, -0.2) is 32.8 Å². The third kappa shape index (κ3) is 8.61. The van der Waals surface area contributed by atoms with Crippen molar-refractivity contribution in [2.45, 2.75) is 32.5 Å². The standard InChI is InChI=1S/C34H37NO5/c1-3-38-34(36)31(23-35-21-20-26-14-17-30(37-2)18-15-26)29-16-19-32(39-24-27-10-6-4-7-11-27)33(22-29)40-25-28-12-8-5-9-13-28/h4-19,22,31,35H,3,20-21,23-25H2,1-2H3. The van der Waals surface area contributed by atoms with Gasteiger partial charge in [-0.05, 0) is 66.4 Å². The van der Waals surface area contributed by atoms with Crippen molar-refractivity contribution in [3.8, 4) is 17.2 Å². The first-order chi connectivity index (χ1) is 19.7. The zero-order chi connectivity index (χ0) is 28.0. The summed E-state index contributed by atoms with van der Waals surface area (Å²) in [5.74, 6) is 1.29. The monoisotopic (exact) mass is 539 g/mol. The average molecular weight is 540 g/mol. The predicted molar refractivity (Wildman–Crippen MR) is 157 cm³/mol. The number of hydrogen-bond acceptors (Lipinski definition) is 6. The summed E-state index contributed by atoms with van der Waals surface area (Å²) in [7, 11) is 1.66. The van der Waals surface area contributed by atoms with Crippen molar-refractivity contribution < 1.29 is 23.7 Å². The molecule has 0 saturated carbocycles. The second-order valence-electron chi connectivity index (χ2n) is 9.36. The van der Waals surface area contributed by atoms with Crippen LogP contribution in [0, 0.1) is 0 Å². The second-order valence-corrected chi connectivity index (χ2v) is 9.36. The van der Waals surface area contributed by atoms with Gasteiger partial charge < -0.3 is 24.3 Å². The lowest BCUT2D eigenvalue weighted by Crippen LogP contribution is -2.29. The van der Waals surface area contributed by atoms with Crippen LogP contribution in [-0.2, 0) is 29.2 Å². The molecule has 4 aromatic carbocycles. The molecule has 4 rings (SSSR count). The Bertz CT molecular complexity index is 1310. The zero-order valence-electron chi connectivity index (χ0n) is 23.2. The lowest BCUT2D eigenvalue weighted by atomic mass is 9.98. The van der Waals surface area contributed by atoms with E-state index < -0.39 is 5.92 Å². The predicted octanol–water partition coefficient (Wildman–Crippen LogP) is 6.33. The van der Waals surface area contributed by atoms with E-state index in [1.54, 1.807) is 7.11 Å². The Morgan fingerprint density at radius 3 is 1.98 bits per heavy atom. The maximum absolute atomic E-state index is 13.0. The van der Waals surface area contributed by atoms with Gasteiger partial charge in [-0.3, -0.25) is 4.79 Å². The first-order valence-electron chi connectivity index (χ1n) is 13.6. The number of esters is 1. The Labute approximate surface area is 236 Å². The third-order valence-corrected chi connectivity index (χ3v) is 6.51. The fourth-order valence-corrected chi connectivity index (χ4v) is 4.30. The molecule has 0 aliphatic carbocycles. The summed E-state index contributed by atoms with van der Waals surface area (Å²) in [5, 5.41) is 3.43. The van der Waals surface area contributed by atoms with Gasteiger partial charge in [-0.25, -0.2) is 0 Å². The molecule has 6 nitrogen and oxygen atoms in total. The summed E-state index contributed by atoms with van der Waals surface area (Å²) in [6.45, 7) is 4.10. The van der Waals surface area contributed by atoms with Crippen LogP contribution < -0.4 is 19.5 Å². The lowest BCUT2D eigenvalue weighted by molar-refractivity contribution is -0.144. The molecular weight excluding hydrogens is 502 g/mol. The van der Waals surface area contributed by atoms with Gasteiger partial charge in [0, 0.05) is 6.54 Å². The van der Waals surface area contributed by atoms with E-state index in [0.29, 0.717) is 37.9 Å². The van der Waals surface area contributed by atoms with Crippen LogP contribution in [0.25, 0.3) is 0 Å². The van der Waals surface area contributed by atoms with Crippen molar-refractivity contribution >= 4 is 5.97 Å². The topological polar surface area (TPSA) is 66.0 Å². The number of nitrogens with one attached hydrogen (secondary N) is 1. The molecule has 1 unspecified atom stereocenters. The van der Waals surface area contributed by atoms with Gasteiger partial charge in [0.05, 0.1) is 19.6 Å². The zero-order valence-corrected chi connectivity index (χ0v) is 23.2. The molecule has 0 bridgehead atoms. The van der Waals surface area contributed by atoms with E-state index in [4.69, 9.17) is 18.9 Å². The number of hydrogen-bond donors (Lipinski definition) is 1. The van der Waals surface area contributed by atoms with Crippen molar-refractivity contribution in [3.63, 3.8) is 0 Å². The van der Waals surface area contributed by atoms with E-state index in [1.807, 2.05) is 110 Å². The molecule has 0 aromatic heterocycles. The number of benzene rings is 4. The minimum Gasteiger partial charge on any atom is -0.497 e. The van der Waals surface area contributed by atoms with Gasteiger partial charge in [0.2, 0.25) is 0 Å². The highest BCUT2D eigenvalue weighted by Crippen LogP contribution is 2.33. The van der Waals surface area contributed by atoms with Gasteiger partial charge in [0.15, 0.2) is 11.5 Å². The highest BCUT2D eigenvalue weighted by molar-refractivity contribution is 5.79. The molecule has 40 heavy (non-hydrogen) atoms. The number of ether oxygens (including phenoxy) is 4. The minimum absolute atomic E-state index is 0.272. The van der Waals surface area contributed by atoms with Gasteiger partial charge in [-0.2, -0.15) is 0 Å². The fraction of sp³-hybridized carbons (Fsp3) is 0.265. The van der Waals surface area contributed by atoms with E-state index >= 15 is 0 Å². The van der Waals surface area contributed by atoms with Gasteiger partial charge >= 0.3 is 5.97 Å². The van der Waals surface area contributed by atoms with Crippen LogP contribution in [0.15, 0.2) is 103 Å². The van der Waals surface area contributed by atoms with Crippen LogP contribution in [0.1, 0.15) is 35.1 Å². The first-order valence-corrected chi connectivity index (χ1v) is 13.6. The smallest absolute Gasteiger partial charge is 0.314 e. The van der Waals surface area contributed by atoms with Gasteiger partial charge in [0.1, 0.15) is 19.0 Å². The number of methoxy groups -OCH3 is 1. The van der Waals surface area contributed by atoms with Crippen LogP contribution in [0.5, 0.6) is 17.2 Å². The summed E-state index contributed by atoms with van der Waals surface area (Å²) in [4.78, 5) is 13.0. The van der Waals surface area contributed by atoms with Crippen molar-refractivity contribution in [2.24, 2.45) is 0 Å². The van der Waals surface area contributed by atoms with Gasteiger partial charge in [-0.15, -0.1) is 0 Å². The van der Waals surface area contributed by atoms with Crippen LogP contribution in [0.4, 0.5) is 0 Å². The molecule has 0 spiro atoms. The molecule has 1 atom stereocenters. The maximum atomic E-state index is 13.0. The lowest BCUT2D eigenvalue weighted by Gasteiger charge is -2.20. The Kier molecular flexibility index (Phi) is 11.0. The second kappa shape index (κ2) is 15.3. The minimum atomic E-state index is -0.488. The Morgan fingerprint density at radius 1 is 0.750 bits per heavy atom. The van der Waals surface area contributed by atoms with Crippen molar-refractivity contribution in [3.05, 3.63) is 125 Å². The van der Waals surface area contributed by atoms with Gasteiger partial charge in [0.25, 0.3) is 0 Å². The van der Waals surface area contributed by atoms with E-state index in [9.17, 15) is 4.79 Å². The molecule has 0 amide bonds. The third-order valence-electron chi connectivity index (χ3n) is 6.51. The Morgan fingerprint density at radius 2 is 1.38 bits per heavy atom. The highest BCUT2D eigenvalue weighted by atomic mass is 16.5. The largest absolute Gasteiger partial charge is 0.497 e. The van der Waals surface area contributed by atoms with Gasteiger partial charge in [-0.1, -0.05) is 78.9 Å². The maximum Gasteiger partial charge on any atom is 0.314 e. The molecule has 208 valence electrons. The normalized spacial score (nSPS) is 11.4. The first kappa shape index (κ1) is 28.7. The quantitative estimate of drug-likeness (QED) is 0.141. The molecule has 4 aromatic rings. The summed E-state index contributed by atoms with van der Waals surface area (Å²) >= 11 is 0. The van der Waals surface area contributed by atoms with E-state index in [-0.39, 0.29) is 5.97 Å². The summed E-state index contributed by atoms with van der Waals surface area (Å²) in [6.07, 6.45) is 0.831. The molecule has 0 aliphatic rings. The average Bonchev–Trinajstić information content (AvgIpc) is 3.00. The summed E-state index contributed by atoms with van der Waals surface area (Å²) in [5.41, 5.74) is 4.11. The van der Waals surface area contributed by atoms with E-state index in [2.05, 4.69) is 5.32 Å². The van der Waals surface area contributed by atoms with Crippen molar-refractivity contribution in [1.29, 1.82) is 0 Å². The Balaban J connectivity index is 1.48. The number of carbonyl (C=O) groups is 1. The molecule has 0 saturated heterocycles. The van der Waals surface area contributed by atoms with Crippen LogP contribution in [0.2, 0.25) is 0 Å². The number of carbonyl (C=O) groups excluding carboxylic acids is 1. The highest BCUT2D eigenvalue weighted by Gasteiger charge is 2.23. The molecule has 0 radical (unpaired) electrons. The fourth-order valence-electron chi connectivity index (χ4n) is 4.30. The van der Waals surface area contributed by atoms with Crippen LogP contribution >= 0.6 is 0 Å². The molecular formula is C34H37NO5. The molecule has 6 heteroatoms. The Hall–Kier alpha value is -4.29. The van der Waals surface area contributed by atoms with Crippen molar-refractivity contribution in [2.75, 3.05) is 26.8 Å². The van der Waals surface area contributed by atoms with E-state index in [1.165, 1.54) is 5.56 Å². The SMILES string of the molecule is CCOC(=O)C(CNCCc1ccc(OC)cc1)c1ccc(OCc2ccccc2)c(OCc2ccccc2)c1. The van der Waals surface area contributed by atoms with E-state index in [0.717, 1.165) is 35.4 Å². The molecule has 0 aliphatic heterocycles.